The lowest BCUT2D eigenvalue weighted by atomic mass is 9.89. The number of nitrogens with zero attached hydrogens (tertiary/aromatic N) is 1. The highest BCUT2D eigenvalue weighted by molar-refractivity contribution is 7.15. The van der Waals surface area contributed by atoms with Crippen molar-refractivity contribution in [2.75, 3.05) is 19.3 Å². The van der Waals surface area contributed by atoms with Crippen LogP contribution in [-0.4, -0.2) is 18.6 Å². The van der Waals surface area contributed by atoms with E-state index < -0.39 is 0 Å². The molecule has 0 aliphatic heterocycles. The maximum absolute atomic E-state index is 5.66. The molecule has 3 N–H and O–H groups in total. The van der Waals surface area contributed by atoms with E-state index in [4.69, 9.17) is 5.73 Å². The van der Waals surface area contributed by atoms with Crippen molar-refractivity contribution in [1.82, 2.24) is 10.3 Å². The van der Waals surface area contributed by atoms with Crippen molar-refractivity contribution in [3.8, 4) is 0 Å². The van der Waals surface area contributed by atoms with Crippen LogP contribution < -0.4 is 11.1 Å². The summed E-state index contributed by atoms with van der Waals surface area (Å²) in [6.07, 6.45) is 0. The van der Waals surface area contributed by atoms with Crippen LogP contribution in [0.2, 0.25) is 0 Å². The maximum atomic E-state index is 5.66. The minimum absolute atomic E-state index is 0.0625. The third-order valence-electron chi connectivity index (χ3n) is 2.07. The average molecular weight is 199 g/mol. The van der Waals surface area contributed by atoms with Gasteiger partial charge in [0.1, 0.15) is 0 Å². The largest absolute Gasteiger partial charge is 0.375 e. The van der Waals surface area contributed by atoms with Crippen molar-refractivity contribution in [3.63, 3.8) is 0 Å². The Morgan fingerprint density at radius 1 is 1.54 bits per heavy atom. The predicted octanol–water partition coefficient (Wildman–Crippen LogP) is 1.53. The molecule has 0 aromatic carbocycles. The molecule has 1 heterocycles. The number of likely N-dealkylation sites (N-methyl/N-ethyl adjacent to an activating group) is 1. The summed E-state index contributed by atoms with van der Waals surface area (Å²) < 4.78 is 0. The molecule has 0 saturated heterocycles. The maximum Gasteiger partial charge on any atom is 0.180 e. The van der Waals surface area contributed by atoms with E-state index in [1.54, 1.807) is 11.3 Å². The van der Waals surface area contributed by atoms with Crippen LogP contribution in [0.25, 0.3) is 0 Å². The van der Waals surface area contributed by atoms with Gasteiger partial charge in [0.15, 0.2) is 5.13 Å². The van der Waals surface area contributed by atoms with Crippen molar-refractivity contribution in [2.45, 2.75) is 26.2 Å². The Kier molecular flexibility index (Phi) is 2.93. The highest BCUT2D eigenvalue weighted by atomic mass is 32.1. The van der Waals surface area contributed by atoms with Crippen LogP contribution in [-0.2, 0) is 5.41 Å². The first kappa shape index (κ1) is 10.5. The summed E-state index contributed by atoms with van der Waals surface area (Å²) in [5, 5.41) is 3.83. The summed E-state index contributed by atoms with van der Waals surface area (Å²) in [5.74, 6) is 0. The SMILES string of the molecule is CNCC(C)(C)c1nc(N)sc1C. The molecule has 74 valence electrons. The fraction of sp³-hybridized carbons (Fsp3) is 0.667. The summed E-state index contributed by atoms with van der Waals surface area (Å²) >= 11 is 1.56. The molecule has 0 bridgehead atoms. The molecule has 0 aliphatic rings. The number of aryl methyl sites for hydroxylation is 1. The number of nitrogens with one attached hydrogen (secondary N) is 1. The molecule has 0 fully saturated rings. The number of aromatic nitrogens is 1. The van der Waals surface area contributed by atoms with Crippen LogP contribution in [0, 0.1) is 6.92 Å². The number of rotatable bonds is 3. The molecule has 13 heavy (non-hydrogen) atoms. The molecule has 0 atom stereocenters. The van der Waals surface area contributed by atoms with Gasteiger partial charge in [-0.2, -0.15) is 0 Å². The van der Waals surface area contributed by atoms with E-state index >= 15 is 0 Å². The summed E-state index contributed by atoms with van der Waals surface area (Å²) in [7, 11) is 1.95. The highest BCUT2D eigenvalue weighted by Crippen LogP contribution is 2.29. The lowest BCUT2D eigenvalue weighted by Gasteiger charge is -2.22. The smallest absolute Gasteiger partial charge is 0.180 e. The predicted molar refractivity (Wildman–Crippen MR) is 58.2 cm³/mol. The molecular weight excluding hydrogens is 182 g/mol. The second kappa shape index (κ2) is 3.64. The molecule has 1 rings (SSSR count). The van der Waals surface area contributed by atoms with Gasteiger partial charge in [0.2, 0.25) is 0 Å². The molecule has 4 heteroatoms. The molecule has 0 spiro atoms. The van der Waals surface area contributed by atoms with Crippen LogP contribution in [0.1, 0.15) is 24.4 Å². The van der Waals surface area contributed by atoms with Gasteiger partial charge in [0.05, 0.1) is 5.69 Å². The standard InChI is InChI=1S/C9H17N3S/c1-6-7(12-8(10)13-6)9(2,3)5-11-4/h11H,5H2,1-4H3,(H2,10,12). The zero-order valence-corrected chi connectivity index (χ0v) is 9.46. The molecule has 0 radical (unpaired) electrons. The van der Waals surface area contributed by atoms with Gasteiger partial charge >= 0.3 is 0 Å². The molecule has 1 aromatic rings. The van der Waals surface area contributed by atoms with Crippen LogP contribution >= 0.6 is 11.3 Å². The first-order valence-electron chi connectivity index (χ1n) is 4.35. The molecule has 1 aromatic heterocycles. The van der Waals surface area contributed by atoms with Crippen LogP contribution in [0.3, 0.4) is 0 Å². The minimum Gasteiger partial charge on any atom is -0.375 e. The second-order valence-corrected chi connectivity index (χ2v) is 5.11. The molecular formula is C9H17N3S. The third-order valence-corrected chi connectivity index (χ3v) is 2.87. The van der Waals surface area contributed by atoms with Crippen LogP contribution in [0.15, 0.2) is 0 Å². The zero-order valence-electron chi connectivity index (χ0n) is 8.64. The third kappa shape index (κ3) is 2.19. The lowest BCUT2D eigenvalue weighted by molar-refractivity contribution is 0.481. The fourth-order valence-corrected chi connectivity index (χ4v) is 2.44. The molecule has 3 nitrogen and oxygen atoms in total. The summed E-state index contributed by atoms with van der Waals surface area (Å²) in [6.45, 7) is 7.33. The van der Waals surface area contributed by atoms with Gasteiger partial charge in [-0.1, -0.05) is 13.8 Å². The van der Waals surface area contributed by atoms with E-state index in [2.05, 4.69) is 31.1 Å². The number of hydrogen-bond donors (Lipinski definition) is 2. The Bertz CT molecular complexity index is 291. The molecule has 0 amide bonds. The average Bonchev–Trinajstić information content (AvgIpc) is 2.30. The van der Waals surface area contributed by atoms with Crippen LogP contribution in [0.4, 0.5) is 5.13 Å². The molecule has 0 saturated carbocycles. The fourth-order valence-electron chi connectivity index (χ4n) is 1.57. The Labute approximate surface area is 83.4 Å². The van der Waals surface area contributed by atoms with Gasteiger partial charge in [0.25, 0.3) is 0 Å². The van der Waals surface area contributed by atoms with Gasteiger partial charge in [-0.15, -0.1) is 11.3 Å². The second-order valence-electron chi connectivity index (χ2n) is 3.87. The first-order valence-corrected chi connectivity index (χ1v) is 5.17. The van der Waals surface area contributed by atoms with Crippen molar-refractivity contribution in [1.29, 1.82) is 0 Å². The van der Waals surface area contributed by atoms with Crippen molar-refractivity contribution >= 4 is 16.5 Å². The topological polar surface area (TPSA) is 50.9 Å². The van der Waals surface area contributed by atoms with Gasteiger partial charge < -0.3 is 11.1 Å². The molecule has 0 aliphatic carbocycles. The van der Waals surface area contributed by atoms with Gasteiger partial charge in [-0.25, -0.2) is 4.98 Å². The Balaban J connectivity index is 2.98. The monoisotopic (exact) mass is 199 g/mol. The minimum atomic E-state index is 0.0625. The van der Waals surface area contributed by atoms with Gasteiger partial charge in [-0.3, -0.25) is 0 Å². The van der Waals surface area contributed by atoms with Gasteiger partial charge in [-0.05, 0) is 14.0 Å². The van der Waals surface area contributed by atoms with Gasteiger partial charge in [0, 0.05) is 16.8 Å². The first-order chi connectivity index (χ1) is 5.97. The number of hydrogen-bond acceptors (Lipinski definition) is 4. The quantitative estimate of drug-likeness (QED) is 0.776. The van der Waals surface area contributed by atoms with E-state index in [0.29, 0.717) is 5.13 Å². The van der Waals surface area contributed by atoms with Crippen molar-refractivity contribution in [2.24, 2.45) is 0 Å². The highest BCUT2D eigenvalue weighted by Gasteiger charge is 2.25. The Hall–Kier alpha value is -0.610. The van der Waals surface area contributed by atoms with E-state index in [1.807, 2.05) is 7.05 Å². The number of anilines is 1. The number of thiazole rings is 1. The Morgan fingerprint density at radius 3 is 2.54 bits per heavy atom. The normalized spacial score (nSPS) is 12.0. The summed E-state index contributed by atoms with van der Waals surface area (Å²) in [6, 6.07) is 0. The van der Waals surface area contributed by atoms with E-state index in [0.717, 1.165) is 12.2 Å². The van der Waals surface area contributed by atoms with E-state index in [9.17, 15) is 0 Å². The van der Waals surface area contributed by atoms with Crippen LogP contribution in [0.5, 0.6) is 0 Å². The Morgan fingerprint density at radius 2 is 2.15 bits per heavy atom. The lowest BCUT2D eigenvalue weighted by Crippen LogP contribution is -2.31. The van der Waals surface area contributed by atoms with Crippen molar-refractivity contribution < 1.29 is 0 Å². The van der Waals surface area contributed by atoms with E-state index in [-0.39, 0.29) is 5.41 Å². The number of nitrogen functional groups attached to an aromatic ring is 1. The van der Waals surface area contributed by atoms with Crippen molar-refractivity contribution in [3.05, 3.63) is 10.6 Å². The number of nitrogens with two attached hydrogens (primary N) is 1. The zero-order chi connectivity index (χ0) is 10.1. The molecule has 0 unspecified atom stereocenters. The van der Waals surface area contributed by atoms with E-state index in [1.165, 1.54) is 4.88 Å². The summed E-state index contributed by atoms with van der Waals surface area (Å²) in [5.41, 5.74) is 6.84. The summed E-state index contributed by atoms with van der Waals surface area (Å²) in [4.78, 5) is 5.58.